The summed E-state index contributed by atoms with van der Waals surface area (Å²) in [7, 11) is 0. The van der Waals surface area contributed by atoms with Crippen molar-refractivity contribution in [1.82, 2.24) is 0 Å². The molecule has 1 rings (SSSR count). The molecule has 0 saturated carbocycles. The van der Waals surface area contributed by atoms with Gasteiger partial charge in [-0.1, -0.05) is 74.7 Å². The van der Waals surface area contributed by atoms with Crippen LogP contribution < -0.4 is 0 Å². The van der Waals surface area contributed by atoms with E-state index in [4.69, 9.17) is 4.74 Å². The number of carbonyl (C=O) groups excluding carboxylic acids is 3. The fourth-order valence-electron chi connectivity index (χ4n) is 1.08. The van der Waals surface area contributed by atoms with E-state index in [2.05, 4.69) is 89.2 Å². The van der Waals surface area contributed by atoms with Crippen LogP contribution in [0.25, 0.3) is 0 Å². The van der Waals surface area contributed by atoms with Gasteiger partial charge in [0.15, 0.2) is 5.90 Å². The van der Waals surface area contributed by atoms with Gasteiger partial charge in [-0.3, -0.25) is 19.4 Å². The molecule has 1 aliphatic rings. The van der Waals surface area contributed by atoms with Crippen LogP contribution in [0.3, 0.4) is 0 Å². The monoisotopic (exact) mass is 665 g/mol. The van der Waals surface area contributed by atoms with Crippen LogP contribution >= 0.6 is 67.8 Å². The van der Waals surface area contributed by atoms with E-state index in [0.717, 1.165) is 0 Å². The number of aliphatic imine (C=N–C) groups is 1. The normalized spacial score (nSPS) is 13.2. The maximum atomic E-state index is 11.2. The van der Waals surface area contributed by atoms with Crippen LogP contribution in [0.1, 0.15) is 33.1 Å². The predicted octanol–water partition coefficient (Wildman–Crippen LogP) is 3.18. The first-order valence-electron chi connectivity index (χ1n) is 6.67. The predicted molar refractivity (Wildman–Crippen MR) is 110 cm³/mol. The topological polar surface area (TPSA) is 91.3 Å². The Morgan fingerprint density at radius 3 is 2.22 bits per heavy atom. The second kappa shape index (κ2) is 12.6. The van der Waals surface area contributed by atoms with Crippen molar-refractivity contribution in [2.24, 2.45) is 4.99 Å². The molecule has 0 radical (unpaired) electrons. The summed E-state index contributed by atoms with van der Waals surface area (Å²) in [6, 6.07) is 0. The first-order valence-corrected chi connectivity index (χ1v) is 9.91. The Balaban J connectivity index is 0.000000688. The maximum absolute atomic E-state index is 11.2. The molecule has 0 atom stereocenters. The standard InChI is InChI=1S/C10H13NO6.C3H5I3/c1-7(12)4-9(13)16-6-17-10(14)5-8-11-2-3-15-8;1-2-3(4,5)6/h2-6H2,1H3;2H2,1H3. The van der Waals surface area contributed by atoms with E-state index in [0.29, 0.717) is 18.5 Å². The van der Waals surface area contributed by atoms with Crippen LogP contribution in [0.4, 0.5) is 0 Å². The molecule has 0 unspecified atom stereocenters. The quantitative estimate of drug-likeness (QED) is 0.137. The molecule has 10 heteroatoms. The van der Waals surface area contributed by atoms with Crippen molar-refractivity contribution in [3.8, 4) is 0 Å². The molecule has 0 aromatic carbocycles. The summed E-state index contributed by atoms with van der Waals surface area (Å²) in [5.41, 5.74) is 0. The molecule has 0 aromatic rings. The van der Waals surface area contributed by atoms with Crippen molar-refractivity contribution >= 4 is 91.4 Å². The molecule has 1 heterocycles. The van der Waals surface area contributed by atoms with E-state index in [1.54, 1.807) is 0 Å². The van der Waals surface area contributed by atoms with Gasteiger partial charge in [-0.25, -0.2) is 0 Å². The van der Waals surface area contributed by atoms with Gasteiger partial charge in [-0.05, 0) is 13.3 Å². The Labute approximate surface area is 176 Å². The number of nitrogens with zero attached hydrogens (tertiary/aromatic N) is 1. The number of hydrogen-bond acceptors (Lipinski definition) is 7. The summed E-state index contributed by atoms with van der Waals surface area (Å²) in [5.74, 6) is -1.30. The maximum Gasteiger partial charge on any atom is 0.318 e. The lowest BCUT2D eigenvalue weighted by atomic mass is 10.3. The van der Waals surface area contributed by atoms with Gasteiger partial charge in [0, 0.05) is 0 Å². The van der Waals surface area contributed by atoms with Crippen molar-refractivity contribution in [2.45, 2.75) is 32.5 Å². The van der Waals surface area contributed by atoms with Crippen molar-refractivity contribution in [3.63, 3.8) is 0 Å². The van der Waals surface area contributed by atoms with E-state index in [1.807, 2.05) is 0 Å². The third-order valence-corrected chi connectivity index (χ3v) is 4.47. The molecule has 0 N–H and O–H groups in total. The minimum atomic E-state index is -0.722. The lowest BCUT2D eigenvalue weighted by Gasteiger charge is -2.05. The van der Waals surface area contributed by atoms with E-state index in [-0.39, 0.29) is 18.6 Å². The minimum absolute atomic E-state index is 0.0791. The van der Waals surface area contributed by atoms with Crippen LogP contribution in [0.5, 0.6) is 0 Å². The molecule has 0 bridgehead atoms. The van der Waals surface area contributed by atoms with E-state index < -0.39 is 18.7 Å². The number of rotatable bonds is 7. The fourth-order valence-corrected chi connectivity index (χ4v) is 1.08. The van der Waals surface area contributed by atoms with Gasteiger partial charge in [0.05, 0.1) is 6.54 Å². The Kier molecular flexibility index (Phi) is 12.8. The van der Waals surface area contributed by atoms with Crippen LogP contribution in [-0.2, 0) is 28.6 Å². The fraction of sp³-hybridized carbons (Fsp3) is 0.692. The molecule has 0 aromatic heterocycles. The third kappa shape index (κ3) is 15.5. The van der Waals surface area contributed by atoms with Crippen LogP contribution in [0.15, 0.2) is 4.99 Å². The summed E-state index contributed by atoms with van der Waals surface area (Å²) in [6.45, 7) is 3.96. The molecule has 0 spiro atoms. The SMILES string of the molecule is CC(=O)CC(=O)OCOC(=O)CC1=NCCO1.CCC(I)(I)I. The lowest BCUT2D eigenvalue weighted by molar-refractivity contribution is -0.166. The van der Waals surface area contributed by atoms with E-state index in [1.165, 1.54) is 13.3 Å². The van der Waals surface area contributed by atoms with Crippen molar-refractivity contribution < 1.29 is 28.6 Å². The molecule has 23 heavy (non-hydrogen) atoms. The molecular formula is C13H18I3NO6. The number of ether oxygens (including phenoxy) is 3. The number of Topliss-reactive ketones (excluding diaryl/α,β-unsaturated/α-hetero) is 1. The summed E-state index contributed by atoms with van der Waals surface area (Å²) >= 11 is 7.24. The summed E-state index contributed by atoms with van der Waals surface area (Å²) in [6.07, 6.45) is 0.826. The highest BCUT2D eigenvalue weighted by atomic mass is 127. The highest BCUT2D eigenvalue weighted by Crippen LogP contribution is 2.38. The second-order valence-corrected chi connectivity index (χ2v) is 16.0. The van der Waals surface area contributed by atoms with Crippen LogP contribution in [-0.4, -0.2) is 43.0 Å². The van der Waals surface area contributed by atoms with Crippen molar-refractivity contribution in [2.75, 3.05) is 19.9 Å². The number of halogens is 3. The van der Waals surface area contributed by atoms with Crippen LogP contribution in [0.2, 0.25) is 0 Å². The van der Waals surface area contributed by atoms with Gasteiger partial charge in [0.1, 0.15) is 24.7 Å². The molecule has 132 valence electrons. The Hall–Kier alpha value is 0.270. The van der Waals surface area contributed by atoms with Gasteiger partial charge in [0.25, 0.3) is 0 Å². The molecule has 0 aliphatic carbocycles. The first kappa shape index (κ1) is 23.3. The Morgan fingerprint density at radius 2 is 1.78 bits per heavy atom. The summed E-state index contributed by atoms with van der Waals surface area (Å²) in [5, 5.41) is 0. The zero-order valence-electron chi connectivity index (χ0n) is 12.8. The number of hydrogen-bond donors (Lipinski definition) is 0. The van der Waals surface area contributed by atoms with Gasteiger partial charge in [-0.15, -0.1) is 0 Å². The molecule has 0 saturated heterocycles. The molecule has 1 aliphatic heterocycles. The zero-order chi connectivity index (χ0) is 17.9. The van der Waals surface area contributed by atoms with Gasteiger partial charge < -0.3 is 14.2 Å². The largest absolute Gasteiger partial charge is 0.479 e. The van der Waals surface area contributed by atoms with E-state index >= 15 is 0 Å². The summed E-state index contributed by atoms with van der Waals surface area (Å²) < 4.78 is 14.6. The highest BCUT2D eigenvalue weighted by Gasteiger charge is 2.14. The zero-order valence-corrected chi connectivity index (χ0v) is 19.2. The van der Waals surface area contributed by atoms with Gasteiger partial charge >= 0.3 is 11.9 Å². The summed E-state index contributed by atoms with van der Waals surface area (Å²) in [4.78, 5) is 36.5. The molecule has 0 amide bonds. The number of ketones is 1. The Morgan fingerprint density at radius 1 is 1.22 bits per heavy atom. The lowest BCUT2D eigenvalue weighted by Crippen LogP contribution is -2.16. The average molecular weight is 665 g/mol. The highest BCUT2D eigenvalue weighted by molar-refractivity contribution is 14.3. The van der Waals surface area contributed by atoms with Crippen molar-refractivity contribution in [3.05, 3.63) is 0 Å². The molecule has 7 nitrogen and oxygen atoms in total. The molecular weight excluding hydrogens is 647 g/mol. The van der Waals surface area contributed by atoms with E-state index in [9.17, 15) is 14.4 Å². The number of carbonyl (C=O) groups is 3. The van der Waals surface area contributed by atoms with Gasteiger partial charge in [0.2, 0.25) is 6.79 Å². The van der Waals surface area contributed by atoms with Gasteiger partial charge in [-0.2, -0.15) is 0 Å². The molecule has 0 fully saturated rings. The third-order valence-electron chi connectivity index (χ3n) is 2.18. The van der Waals surface area contributed by atoms with Crippen LogP contribution in [0, 0.1) is 0 Å². The first-order chi connectivity index (χ1) is 10.6. The second-order valence-electron chi connectivity index (χ2n) is 4.30. The Bertz CT molecular complexity index is 447. The minimum Gasteiger partial charge on any atom is -0.479 e. The average Bonchev–Trinajstić information content (AvgIpc) is 2.90. The smallest absolute Gasteiger partial charge is 0.318 e. The number of alkyl halides is 3. The number of esters is 2. The van der Waals surface area contributed by atoms with Crippen molar-refractivity contribution in [1.29, 1.82) is 0 Å².